The molecule has 2 heterocycles. The normalized spacial score (nSPS) is 10.0. The molecule has 8 heteroatoms. The number of rotatable bonds is 3. The highest BCUT2D eigenvalue weighted by Crippen LogP contribution is 2.22. The highest BCUT2D eigenvalue weighted by molar-refractivity contribution is 7.13. The van der Waals surface area contributed by atoms with Gasteiger partial charge in [0.1, 0.15) is 5.82 Å². The summed E-state index contributed by atoms with van der Waals surface area (Å²) in [6, 6.07) is 2.81. The van der Waals surface area contributed by atoms with Gasteiger partial charge in [0.25, 0.3) is 5.91 Å². The van der Waals surface area contributed by atoms with Crippen LogP contribution in [0.3, 0.4) is 0 Å². The fourth-order valence-corrected chi connectivity index (χ4v) is 1.76. The average molecular weight is 238 g/mol. The number of aromatic amines is 1. The summed E-state index contributed by atoms with van der Waals surface area (Å²) in [5.74, 6) is 0.0347. The van der Waals surface area contributed by atoms with E-state index in [-0.39, 0.29) is 10.6 Å². The topological polar surface area (TPSA) is 101 Å². The van der Waals surface area contributed by atoms with E-state index in [4.69, 9.17) is 0 Å². The molecule has 0 aliphatic carbocycles. The largest absolute Gasteiger partial charge is 0.324 e. The Morgan fingerprint density at radius 1 is 1.62 bits per heavy atom. The molecular formula is C8H6N4O3S. The molecule has 82 valence electrons. The number of nitrogens with one attached hydrogen (secondary N) is 2. The Kier molecular flexibility index (Phi) is 2.64. The Bertz CT molecular complexity index is 519. The monoisotopic (exact) mass is 238 g/mol. The van der Waals surface area contributed by atoms with Gasteiger partial charge in [-0.2, -0.15) is 5.10 Å². The molecule has 2 aromatic rings. The zero-order valence-corrected chi connectivity index (χ0v) is 8.65. The quantitative estimate of drug-likeness (QED) is 0.626. The summed E-state index contributed by atoms with van der Waals surface area (Å²) in [5.41, 5.74) is 0.256. The van der Waals surface area contributed by atoms with Crippen LogP contribution in [0.15, 0.2) is 23.7 Å². The van der Waals surface area contributed by atoms with Crippen molar-refractivity contribution >= 4 is 28.1 Å². The fraction of sp³-hybridized carbons (Fsp3) is 0. The molecule has 2 rings (SSSR count). The first-order chi connectivity index (χ1) is 7.66. The van der Waals surface area contributed by atoms with Crippen molar-refractivity contribution in [2.45, 2.75) is 0 Å². The summed E-state index contributed by atoms with van der Waals surface area (Å²) in [5, 5.41) is 20.5. The highest BCUT2D eigenvalue weighted by Gasteiger charge is 2.15. The number of carbonyl (C=O) groups excluding carboxylic acids is 1. The summed E-state index contributed by atoms with van der Waals surface area (Å²) in [6.07, 6.45) is 1.49. The molecule has 0 saturated heterocycles. The third-order valence-corrected chi connectivity index (χ3v) is 2.66. The van der Waals surface area contributed by atoms with E-state index in [1.807, 2.05) is 0 Å². The third-order valence-electron chi connectivity index (χ3n) is 1.78. The first-order valence-corrected chi connectivity index (χ1v) is 5.08. The van der Waals surface area contributed by atoms with Crippen LogP contribution in [0, 0.1) is 10.1 Å². The number of H-pyrrole nitrogens is 1. The molecule has 0 bridgehead atoms. The second-order valence-electron chi connectivity index (χ2n) is 2.86. The second kappa shape index (κ2) is 4.11. The number of nitrogens with zero attached hydrogens (tertiary/aromatic N) is 2. The van der Waals surface area contributed by atoms with Gasteiger partial charge in [-0.1, -0.05) is 11.3 Å². The van der Waals surface area contributed by atoms with E-state index in [1.54, 1.807) is 6.07 Å². The van der Waals surface area contributed by atoms with Crippen molar-refractivity contribution in [1.82, 2.24) is 10.2 Å². The first-order valence-electron chi connectivity index (χ1n) is 4.20. The average Bonchev–Trinajstić information content (AvgIpc) is 2.86. The van der Waals surface area contributed by atoms with Crippen LogP contribution < -0.4 is 5.32 Å². The highest BCUT2D eigenvalue weighted by atomic mass is 32.1. The maximum Gasteiger partial charge on any atom is 0.324 e. The molecule has 16 heavy (non-hydrogen) atoms. The lowest BCUT2D eigenvalue weighted by atomic mass is 10.3. The molecule has 2 N–H and O–H groups in total. The second-order valence-corrected chi connectivity index (χ2v) is 3.74. The van der Waals surface area contributed by atoms with Gasteiger partial charge in [0.15, 0.2) is 0 Å². The van der Waals surface area contributed by atoms with E-state index < -0.39 is 10.8 Å². The minimum absolute atomic E-state index is 0.0604. The van der Waals surface area contributed by atoms with Crippen LogP contribution in [0.2, 0.25) is 0 Å². The number of aromatic nitrogens is 2. The number of amides is 1. The smallest absolute Gasteiger partial charge is 0.307 e. The van der Waals surface area contributed by atoms with Gasteiger partial charge in [0.2, 0.25) is 0 Å². The van der Waals surface area contributed by atoms with Gasteiger partial charge in [-0.05, 0) is 0 Å². The minimum atomic E-state index is -0.530. The van der Waals surface area contributed by atoms with Crippen LogP contribution in [0.25, 0.3) is 0 Å². The van der Waals surface area contributed by atoms with E-state index in [0.717, 1.165) is 11.3 Å². The van der Waals surface area contributed by atoms with E-state index in [9.17, 15) is 14.9 Å². The Balaban J connectivity index is 2.12. The SMILES string of the molecule is O=C(Nc1ccn[nH]1)c1csc([N+](=O)[O-])c1. The standard InChI is InChI=1S/C8H6N4O3S/c13-8(10-6-1-2-9-11-6)5-3-7(12(14)15)16-4-5/h1-4H,(H2,9,10,11,13). The number of nitro groups is 1. The zero-order chi connectivity index (χ0) is 11.5. The van der Waals surface area contributed by atoms with E-state index in [2.05, 4.69) is 15.5 Å². The van der Waals surface area contributed by atoms with Gasteiger partial charge in [0.05, 0.1) is 16.7 Å². The number of carbonyl (C=O) groups is 1. The molecule has 0 aromatic carbocycles. The summed E-state index contributed by atoms with van der Waals surface area (Å²) < 4.78 is 0. The van der Waals surface area contributed by atoms with Gasteiger partial charge < -0.3 is 5.32 Å². The Morgan fingerprint density at radius 3 is 3.00 bits per heavy atom. The van der Waals surface area contributed by atoms with Crippen LogP contribution in [-0.2, 0) is 0 Å². The molecule has 0 aliphatic rings. The summed E-state index contributed by atoms with van der Waals surface area (Å²) in [4.78, 5) is 21.5. The van der Waals surface area contributed by atoms with Crippen molar-refractivity contribution in [3.05, 3.63) is 39.4 Å². The van der Waals surface area contributed by atoms with Crippen LogP contribution in [0.5, 0.6) is 0 Å². The van der Waals surface area contributed by atoms with Gasteiger partial charge in [0, 0.05) is 17.5 Å². The lowest BCUT2D eigenvalue weighted by Crippen LogP contribution is -2.11. The first kappa shape index (κ1) is 10.3. The Morgan fingerprint density at radius 2 is 2.44 bits per heavy atom. The molecule has 0 radical (unpaired) electrons. The zero-order valence-electron chi connectivity index (χ0n) is 7.84. The predicted molar refractivity (Wildman–Crippen MR) is 57.5 cm³/mol. The van der Waals surface area contributed by atoms with Crippen molar-refractivity contribution in [3.8, 4) is 0 Å². The van der Waals surface area contributed by atoms with Crippen LogP contribution in [-0.4, -0.2) is 21.0 Å². The molecule has 0 atom stereocenters. The molecule has 0 aliphatic heterocycles. The third kappa shape index (κ3) is 2.06. The fourth-order valence-electron chi connectivity index (χ4n) is 1.06. The molecule has 0 unspecified atom stereocenters. The number of hydrogen-bond acceptors (Lipinski definition) is 5. The van der Waals surface area contributed by atoms with Crippen molar-refractivity contribution in [3.63, 3.8) is 0 Å². The van der Waals surface area contributed by atoms with E-state index in [0.29, 0.717) is 5.82 Å². The molecule has 2 aromatic heterocycles. The molecule has 0 saturated carbocycles. The molecule has 1 amide bonds. The predicted octanol–water partition coefficient (Wildman–Crippen LogP) is 1.63. The van der Waals surface area contributed by atoms with E-state index >= 15 is 0 Å². The van der Waals surface area contributed by atoms with Crippen molar-refractivity contribution in [2.24, 2.45) is 0 Å². The molecule has 0 spiro atoms. The number of hydrogen-bond donors (Lipinski definition) is 2. The minimum Gasteiger partial charge on any atom is -0.307 e. The lowest BCUT2D eigenvalue weighted by molar-refractivity contribution is -0.380. The van der Waals surface area contributed by atoms with Crippen LogP contribution in [0.1, 0.15) is 10.4 Å². The number of anilines is 1. The Hall–Kier alpha value is -2.22. The van der Waals surface area contributed by atoms with Crippen molar-refractivity contribution < 1.29 is 9.72 Å². The number of thiophene rings is 1. The van der Waals surface area contributed by atoms with Gasteiger partial charge >= 0.3 is 5.00 Å². The maximum absolute atomic E-state index is 11.6. The molecule has 0 fully saturated rings. The Labute approximate surface area is 93.3 Å². The summed E-state index contributed by atoms with van der Waals surface area (Å²) >= 11 is 0.913. The van der Waals surface area contributed by atoms with E-state index in [1.165, 1.54) is 17.6 Å². The van der Waals surface area contributed by atoms with Gasteiger partial charge in [-0.25, -0.2) is 0 Å². The van der Waals surface area contributed by atoms with Crippen LogP contribution >= 0.6 is 11.3 Å². The van der Waals surface area contributed by atoms with Crippen LogP contribution in [0.4, 0.5) is 10.8 Å². The van der Waals surface area contributed by atoms with Gasteiger partial charge in [-0.3, -0.25) is 20.0 Å². The van der Waals surface area contributed by atoms with Crippen molar-refractivity contribution in [1.29, 1.82) is 0 Å². The van der Waals surface area contributed by atoms with Crippen molar-refractivity contribution in [2.75, 3.05) is 5.32 Å². The maximum atomic E-state index is 11.6. The molecular weight excluding hydrogens is 232 g/mol. The molecule has 7 nitrogen and oxygen atoms in total. The summed E-state index contributed by atoms with van der Waals surface area (Å²) in [7, 11) is 0. The lowest BCUT2D eigenvalue weighted by Gasteiger charge is -1.97. The van der Waals surface area contributed by atoms with Gasteiger partial charge in [-0.15, -0.1) is 0 Å². The summed E-state index contributed by atoms with van der Waals surface area (Å²) in [6.45, 7) is 0.